The summed E-state index contributed by atoms with van der Waals surface area (Å²) in [7, 11) is -4.15. The fraction of sp³-hybridized carbons (Fsp3) is 0.462. The Morgan fingerprint density at radius 3 is 1.81 bits per heavy atom. The summed E-state index contributed by atoms with van der Waals surface area (Å²) in [5.41, 5.74) is -2.49. The maximum Gasteiger partial charge on any atom is 0.420 e. The van der Waals surface area contributed by atoms with Crippen molar-refractivity contribution in [1.29, 1.82) is 0 Å². The smallest absolute Gasteiger partial charge is 0.305 e. The van der Waals surface area contributed by atoms with Crippen LogP contribution in [0.15, 0.2) is 29.2 Å². The van der Waals surface area contributed by atoms with Gasteiger partial charge in [-0.15, -0.1) is 4.83 Å². The van der Waals surface area contributed by atoms with E-state index in [1.165, 1.54) is 22.4 Å². The van der Waals surface area contributed by atoms with Gasteiger partial charge in [0.05, 0.1) is 4.90 Å². The van der Waals surface area contributed by atoms with E-state index >= 15 is 0 Å². The van der Waals surface area contributed by atoms with Crippen molar-refractivity contribution in [1.82, 2.24) is 15.2 Å². The normalized spacial score (nSPS) is 13.4. The molecule has 6 nitrogen and oxygen atoms in total. The van der Waals surface area contributed by atoms with Crippen LogP contribution in [0.2, 0.25) is 0 Å². The van der Waals surface area contributed by atoms with Crippen LogP contribution in [0.1, 0.15) is 12.5 Å². The Kier molecular flexibility index (Phi) is 5.88. The van der Waals surface area contributed by atoms with E-state index in [1.54, 1.807) is 6.92 Å². The number of hydrogen-bond acceptors (Lipinski definition) is 3. The van der Waals surface area contributed by atoms with E-state index in [-0.39, 0.29) is 18.9 Å². The first-order valence-electron chi connectivity index (χ1n) is 6.80. The molecule has 0 aliphatic heterocycles. The van der Waals surface area contributed by atoms with Gasteiger partial charge in [0.15, 0.2) is 0 Å². The molecular formula is C13H15F6N3O3S. The molecule has 0 unspecified atom stereocenters. The summed E-state index contributed by atoms with van der Waals surface area (Å²) in [5, 5.41) is 0. The van der Waals surface area contributed by atoms with Crippen molar-refractivity contribution in [2.75, 3.05) is 7.05 Å². The number of halogens is 6. The van der Waals surface area contributed by atoms with Crippen LogP contribution in [0.3, 0.4) is 0 Å². The topological polar surface area (TPSA) is 78.5 Å². The van der Waals surface area contributed by atoms with Gasteiger partial charge in [0.1, 0.15) is 0 Å². The summed E-state index contributed by atoms with van der Waals surface area (Å²) in [4.78, 5) is 12.1. The second kappa shape index (κ2) is 6.95. The van der Waals surface area contributed by atoms with Crippen LogP contribution >= 0.6 is 0 Å². The molecule has 26 heavy (non-hydrogen) atoms. The Labute approximate surface area is 145 Å². The number of urea groups is 1. The van der Waals surface area contributed by atoms with Crippen LogP contribution in [0.5, 0.6) is 0 Å². The van der Waals surface area contributed by atoms with Crippen molar-refractivity contribution in [3.63, 3.8) is 0 Å². The van der Waals surface area contributed by atoms with Gasteiger partial charge in [0.2, 0.25) is 5.54 Å². The lowest BCUT2D eigenvalue weighted by Gasteiger charge is -2.40. The van der Waals surface area contributed by atoms with Crippen molar-refractivity contribution >= 4 is 16.1 Å². The highest BCUT2D eigenvalue weighted by Crippen LogP contribution is 2.46. The van der Waals surface area contributed by atoms with E-state index in [9.17, 15) is 39.6 Å². The van der Waals surface area contributed by atoms with E-state index in [4.69, 9.17) is 0 Å². The van der Waals surface area contributed by atoms with Crippen molar-refractivity contribution in [3.8, 4) is 0 Å². The quantitative estimate of drug-likeness (QED) is 0.595. The molecule has 0 spiro atoms. The Bertz CT molecular complexity index is 745. The lowest BCUT2D eigenvalue weighted by Crippen LogP contribution is -2.68. The first-order valence-corrected chi connectivity index (χ1v) is 8.28. The number of amides is 2. The third-order valence-electron chi connectivity index (χ3n) is 3.70. The lowest BCUT2D eigenvalue weighted by atomic mass is 9.99. The zero-order chi connectivity index (χ0) is 20.6. The van der Waals surface area contributed by atoms with Gasteiger partial charge in [0, 0.05) is 7.05 Å². The fourth-order valence-corrected chi connectivity index (χ4v) is 2.55. The molecule has 0 aromatic heterocycles. The third-order valence-corrected chi connectivity index (χ3v) is 4.97. The van der Waals surface area contributed by atoms with Crippen LogP contribution < -0.4 is 10.3 Å². The van der Waals surface area contributed by atoms with E-state index < -0.39 is 38.8 Å². The van der Waals surface area contributed by atoms with Crippen molar-refractivity contribution in [2.45, 2.75) is 36.6 Å². The monoisotopic (exact) mass is 407 g/mol. The van der Waals surface area contributed by atoms with Gasteiger partial charge in [-0.3, -0.25) is 5.43 Å². The molecule has 0 bridgehead atoms. The van der Waals surface area contributed by atoms with E-state index in [0.29, 0.717) is 5.56 Å². The Hall–Kier alpha value is -2.02. The number of carbonyl (C=O) groups excluding carboxylic acids is 1. The molecule has 0 radical (unpaired) electrons. The second-order valence-corrected chi connectivity index (χ2v) is 7.16. The highest BCUT2D eigenvalue weighted by atomic mass is 32.2. The fourth-order valence-electron chi connectivity index (χ4n) is 1.72. The summed E-state index contributed by atoms with van der Waals surface area (Å²) in [6, 6.07) is 3.16. The molecule has 0 aliphatic carbocycles. The third kappa shape index (κ3) is 4.20. The van der Waals surface area contributed by atoms with Crippen LogP contribution in [0.4, 0.5) is 31.1 Å². The Morgan fingerprint density at radius 1 is 1.00 bits per heavy atom. The molecule has 0 fully saturated rings. The van der Waals surface area contributed by atoms with Gasteiger partial charge in [0.25, 0.3) is 10.0 Å². The summed E-state index contributed by atoms with van der Waals surface area (Å²) < 4.78 is 101. The van der Waals surface area contributed by atoms with E-state index in [1.807, 2.05) is 0 Å². The van der Waals surface area contributed by atoms with Gasteiger partial charge < -0.3 is 4.90 Å². The number of rotatable bonds is 4. The highest BCUT2D eigenvalue weighted by molar-refractivity contribution is 7.89. The van der Waals surface area contributed by atoms with Crippen molar-refractivity contribution in [3.05, 3.63) is 29.8 Å². The first kappa shape index (κ1) is 22.0. The van der Waals surface area contributed by atoms with Crippen molar-refractivity contribution < 1.29 is 39.6 Å². The predicted molar refractivity (Wildman–Crippen MR) is 78.3 cm³/mol. The molecule has 1 rings (SSSR count). The van der Waals surface area contributed by atoms with Crippen molar-refractivity contribution in [2.24, 2.45) is 0 Å². The average molecular weight is 407 g/mol. The summed E-state index contributed by atoms with van der Waals surface area (Å²) >= 11 is 0. The van der Waals surface area contributed by atoms with E-state index in [0.717, 1.165) is 12.1 Å². The molecule has 1 aromatic rings. The summed E-state index contributed by atoms with van der Waals surface area (Å²) in [6.07, 6.45) is -11.7. The maximum atomic E-state index is 12.9. The number of carbonyl (C=O) groups is 1. The van der Waals surface area contributed by atoms with E-state index in [2.05, 4.69) is 0 Å². The highest BCUT2D eigenvalue weighted by Gasteiger charge is 2.71. The number of nitrogens with zero attached hydrogens (tertiary/aromatic N) is 1. The second-order valence-electron chi connectivity index (χ2n) is 5.48. The molecule has 0 atom stereocenters. The number of nitrogens with one attached hydrogen (secondary N) is 2. The van der Waals surface area contributed by atoms with Crippen LogP contribution in [0.25, 0.3) is 0 Å². The SMILES string of the molecule is Cc1ccc(S(=O)(=O)NNC(=O)N(C)C(C)(C(F)(F)F)C(F)(F)F)cc1. The van der Waals surface area contributed by atoms with Gasteiger partial charge in [-0.2, -0.15) is 26.3 Å². The van der Waals surface area contributed by atoms with Gasteiger partial charge >= 0.3 is 18.4 Å². The van der Waals surface area contributed by atoms with Gasteiger partial charge in [-0.25, -0.2) is 13.2 Å². The molecule has 0 saturated heterocycles. The van der Waals surface area contributed by atoms with Crippen LogP contribution in [-0.2, 0) is 10.0 Å². The molecule has 2 amide bonds. The minimum absolute atomic E-state index is 0.235. The Morgan fingerprint density at radius 2 is 1.42 bits per heavy atom. The largest absolute Gasteiger partial charge is 0.420 e. The molecule has 0 heterocycles. The van der Waals surface area contributed by atoms with Crippen LogP contribution in [0, 0.1) is 6.92 Å². The average Bonchev–Trinajstić information content (AvgIpc) is 2.49. The minimum atomic E-state index is -5.85. The van der Waals surface area contributed by atoms with Gasteiger partial charge in [-0.1, -0.05) is 17.7 Å². The standard InChI is InChI=1S/C13H15F6N3O3S/c1-8-4-6-9(7-5-8)26(24,25)21-20-10(23)22(3)11(2,12(14,15)16)13(17,18)19/h4-7,21H,1-3H3,(H,20,23). The number of sulfonamides is 1. The molecule has 13 heteroatoms. The predicted octanol–water partition coefficient (Wildman–Crippen LogP) is 2.71. The molecule has 0 saturated carbocycles. The Balaban J connectivity index is 3.01. The lowest BCUT2D eigenvalue weighted by molar-refractivity contribution is -0.323. The first-order chi connectivity index (χ1) is 11.5. The number of hydrazine groups is 1. The summed E-state index contributed by atoms with van der Waals surface area (Å²) in [6.45, 7) is 1.43. The molecule has 148 valence electrons. The minimum Gasteiger partial charge on any atom is -0.305 e. The summed E-state index contributed by atoms with van der Waals surface area (Å²) in [5.74, 6) is 0. The molecule has 0 aliphatic rings. The molecular weight excluding hydrogens is 392 g/mol. The van der Waals surface area contributed by atoms with Crippen LogP contribution in [-0.4, -0.2) is 44.3 Å². The number of hydrogen-bond donors (Lipinski definition) is 2. The maximum absolute atomic E-state index is 12.9. The zero-order valence-electron chi connectivity index (χ0n) is 13.7. The number of benzene rings is 1. The molecule has 2 N–H and O–H groups in total. The van der Waals surface area contributed by atoms with Gasteiger partial charge in [-0.05, 0) is 26.0 Å². The number of alkyl halides is 6. The molecule has 1 aromatic carbocycles. The number of aryl methyl sites for hydroxylation is 1. The zero-order valence-corrected chi connectivity index (χ0v) is 14.5.